The van der Waals surface area contributed by atoms with Gasteiger partial charge in [0.2, 0.25) is 0 Å². The number of carbonyl (C=O) groups is 2. The molecule has 1 amide bonds. The minimum absolute atomic E-state index is 0.0362. The largest absolute Gasteiger partial charge is 0.478 e. The molecule has 0 radical (unpaired) electrons. The van der Waals surface area contributed by atoms with Gasteiger partial charge in [-0.25, -0.2) is 4.79 Å². The van der Waals surface area contributed by atoms with Crippen LogP contribution in [-0.4, -0.2) is 26.8 Å². The minimum Gasteiger partial charge on any atom is -0.478 e. The van der Waals surface area contributed by atoms with Crippen LogP contribution >= 0.6 is 0 Å². The Bertz CT molecular complexity index is 732. The van der Waals surface area contributed by atoms with Gasteiger partial charge in [-0.15, -0.1) is 0 Å². The summed E-state index contributed by atoms with van der Waals surface area (Å²) in [5, 5.41) is 16.2. The number of carbonyl (C=O) groups excluding carboxylic acids is 1. The summed E-state index contributed by atoms with van der Waals surface area (Å²) >= 11 is 0. The van der Waals surface area contributed by atoms with Crippen molar-refractivity contribution in [2.45, 2.75) is 20.8 Å². The molecule has 1 heterocycles. The summed E-state index contributed by atoms with van der Waals surface area (Å²) in [4.78, 5) is 23.9. The summed E-state index contributed by atoms with van der Waals surface area (Å²) < 4.78 is 1.59. The van der Waals surface area contributed by atoms with Crippen LogP contribution in [0, 0.1) is 20.8 Å². The van der Waals surface area contributed by atoms with E-state index >= 15 is 0 Å². The standard InChI is InChI=1S/C15H17N3O3/c1-8-5-6-9(2)13(15(20)21)12(8)14(19)16-11-7-18(4)17-10(11)3/h5-7H,1-4H3,(H,16,19)(H,20,21). The molecule has 0 bridgehead atoms. The molecule has 6 nitrogen and oxygen atoms in total. The maximum atomic E-state index is 12.5. The van der Waals surface area contributed by atoms with E-state index < -0.39 is 11.9 Å². The van der Waals surface area contributed by atoms with E-state index in [4.69, 9.17) is 0 Å². The highest BCUT2D eigenvalue weighted by Gasteiger charge is 2.22. The first-order valence-electron chi connectivity index (χ1n) is 6.46. The number of anilines is 1. The van der Waals surface area contributed by atoms with Crippen molar-refractivity contribution in [2.75, 3.05) is 5.32 Å². The van der Waals surface area contributed by atoms with Gasteiger partial charge in [-0.2, -0.15) is 5.10 Å². The number of nitrogens with zero attached hydrogens (tertiary/aromatic N) is 2. The lowest BCUT2D eigenvalue weighted by Crippen LogP contribution is -2.19. The van der Waals surface area contributed by atoms with Gasteiger partial charge in [-0.05, 0) is 31.9 Å². The third-order valence-corrected chi connectivity index (χ3v) is 3.32. The molecule has 0 aliphatic carbocycles. The highest BCUT2D eigenvalue weighted by molar-refractivity contribution is 6.12. The number of benzene rings is 1. The van der Waals surface area contributed by atoms with Crippen LogP contribution in [0.25, 0.3) is 0 Å². The van der Waals surface area contributed by atoms with E-state index in [1.54, 1.807) is 50.8 Å². The lowest BCUT2D eigenvalue weighted by atomic mass is 9.96. The van der Waals surface area contributed by atoms with Crippen molar-refractivity contribution in [1.82, 2.24) is 9.78 Å². The van der Waals surface area contributed by atoms with Crippen molar-refractivity contribution in [3.8, 4) is 0 Å². The summed E-state index contributed by atoms with van der Waals surface area (Å²) in [6.45, 7) is 5.17. The Hall–Kier alpha value is -2.63. The molecule has 0 aliphatic rings. The van der Waals surface area contributed by atoms with Crippen LogP contribution in [0.5, 0.6) is 0 Å². The third-order valence-electron chi connectivity index (χ3n) is 3.32. The van der Waals surface area contributed by atoms with Crippen LogP contribution in [0.3, 0.4) is 0 Å². The molecule has 21 heavy (non-hydrogen) atoms. The zero-order valence-electron chi connectivity index (χ0n) is 12.4. The zero-order chi connectivity index (χ0) is 15.7. The minimum atomic E-state index is -1.11. The van der Waals surface area contributed by atoms with E-state index in [1.165, 1.54) is 0 Å². The van der Waals surface area contributed by atoms with Crippen molar-refractivity contribution in [1.29, 1.82) is 0 Å². The molecule has 6 heteroatoms. The Kier molecular flexibility index (Phi) is 3.80. The third kappa shape index (κ3) is 2.79. The van der Waals surface area contributed by atoms with Crippen LogP contribution in [0.2, 0.25) is 0 Å². The molecule has 0 atom stereocenters. The average molecular weight is 287 g/mol. The van der Waals surface area contributed by atoms with Gasteiger partial charge in [0.25, 0.3) is 5.91 Å². The first-order chi connectivity index (χ1) is 9.81. The van der Waals surface area contributed by atoms with Gasteiger partial charge in [-0.3, -0.25) is 9.48 Å². The summed E-state index contributed by atoms with van der Waals surface area (Å²) in [5.74, 6) is -1.55. The second-order valence-corrected chi connectivity index (χ2v) is 5.01. The fraction of sp³-hybridized carbons (Fsp3) is 0.267. The molecule has 110 valence electrons. The lowest BCUT2D eigenvalue weighted by molar-refractivity contribution is 0.0691. The van der Waals surface area contributed by atoms with Crippen LogP contribution in [0.1, 0.15) is 37.5 Å². The number of aromatic nitrogens is 2. The summed E-state index contributed by atoms with van der Waals surface area (Å²) in [5.41, 5.74) is 2.64. The number of hydrogen-bond donors (Lipinski definition) is 2. The number of carboxylic acids is 1. The normalized spacial score (nSPS) is 10.5. The highest BCUT2D eigenvalue weighted by Crippen LogP contribution is 2.21. The van der Waals surface area contributed by atoms with Crippen LogP contribution in [-0.2, 0) is 7.05 Å². The van der Waals surface area contributed by atoms with E-state index in [0.717, 1.165) is 0 Å². The van der Waals surface area contributed by atoms with Gasteiger partial charge in [0.1, 0.15) is 0 Å². The second-order valence-electron chi connectivity index (χ2n) is 5.01. The highest BCUT2D eigenvalue weighted by atomic mass is 16.4. The van der Waals surface area contributed by atoms with Crippen LogP contribution < -0.4 is 5.32 Å². The number of rotatable bonds is 3. The zero-order valence-corrected chi connectivity index (χ0v) is 12.4. The Morgan fingerprint density at radius 3 is 2.19 bits per heavy atom. The van der Waals surface area contributed by atoms with Crippen molar-refractivity contribution in [3.05, 3.63) is 46.3 Å². The summed E-state index contributed by atoms with van der Waals surface area (Å²) in [6, 6.07) is 3.44. The monoisotopic (exact) mass is 287 g/mol. The molecule has 2 rings (SSSR count). The average Bonchev–Trinajstić information content (AvgIpc) is 2.69. The van der Waals surface area contributed by atoms with Gasteiger partial charge in [0, 0.05) is 13.2 Å². The predicted molar refractivity (Wildman–Crippen MR) is 78.8 cm³/mol. The van der Waals surface area contributed by atoms with Crippen molar-refractivity contribution < 1.29 is 14.7 Å². The molecule has 0 saturated heterocycles. The Balaban J connectivity index is 2.46. The van der Waals surface area contributed by atoms with E-state index in [0.29, 0.717) is 22.5 Å². The summed E-state index contributed by atoms with van der Waals surface area (Å²) in [7, 11) is 1.75. The predicted octanol–water partition coefficient (Wildman–Crippen LogP) is 2.30. The van der Waals surface area contributed by atoms with Crippen molar-refractivity contribution >= 4 is 17.6 Å². The van der Waals surface area contributed by atoms with Crippen molar-refractivity contribution in [3.63, 3.8) is 0 Å². The molecule has 2 N–H and O–H groups in total. The molecule has 1 aromatic carbocycles. The Labute approximate surface area is 122 Å². The quantitative estimate of drug-likeness (QED) is 0.907. The van der Waals surface area contributed by atoms with Gasteiger partial charge >= 0.3 is 5.97 Å². The number of carboxylic acid groups (broad SMARTS) is 1. The topological polar surface area (TPSA) is 84.2 Å². The summed E-state index contributed by atoms with van der Waals surface area (Å²) in [6.07, 6.45) is 1.68. The van der Waals surface area contributed by atoms with E-state index in [-0.39, 0.29) is 11.1 Å². The molecule has 1 aromatic heterocycles. The van der Waals surface area contributed by atoms with Gasteiger partial charge in [-0.1, -0.05) is 12.1 Å². The smallest absolute Gasteiger partial charge is 0.336 e. The maximum absolute atomic E-state index is 12.5. The van der Waals surface area contributed by atoms with E-state index in [9.17, 15) is 14.7 Å². The SMILES string of the molecule is Cc1ccc(C)c(C(=O)Nc2cn(C)nc2C)c1C(=O)O. The van der Waals surface area contributed by atoms with Gasteiger partial charge < -0.3 is 10.4 Å². The number of aromatic carboxylic acids is 1. The molecule has 0 spiro atoms. The maximum Gasteiger partial charge on any atom is 0.336 e. The lowest BCUT2D eigenvalue weighted by Gasteiger charge is -2.12. The molecule has 0 fully saturated rings. The van der Waals surface area contributed by atoms with E-state index in [1.807, 2.05) is 0 Å². The molecule has 0 aliphatic heterocycles. The fourth-order valence-corrected chi connectivity index (χ4v) is 2.29. The molecule has 2 aromatic rings. The first kappa shape index (κ1) is 14.8. The molecule has 0 saturated carbocycles. The fourth-order valence-electron chi connectivity index (χ4n) is 2.29. The molecular weight excluding hydrogens is 270 g/mol. The first-order valence-corrected chi connectivity index (χ1v) is 6.46. The van der Waals surface area contributed by atoms with Gasteiger partial charge in [0.05, 0.1) is 22.5 Å². The van der Waals surface area contributed by atoms with Crippen molar-refractivity contribution in [2.24, 2.45) is 7.05 Å². The van der Waals surface area contributed by atoms with E-state index in [2.05, 4.69) is 10.4 Å². The van der Waals surface area contributed by atoms with Crippen LogP contribution in [0.4, 0.5) is 5.69 Å². The number of hydrogen-bond acceptors (Lipinski definition) is 3. The van der Waals surface area contributed by atoms with Gasteiger partial charge in [0.15, 0.2) is 0 Å². The Morgan fingerprint density at radius 1 is 1.14 bits per heavy atom. The van der Waals surface area contributed by atoms with Crippen LogP contribution in [0.15, 0.2) is 18.3 Å². The second kappa shape index (κ2) is 5.40. The number of nitrogens with one attached hydrogen (secondary N) is 1. The Morgan fingerprint density at radius 2 is 1.71 bits per heavy atom. The number of amides is 1. The molecular formula is C15H17N3O3. The molecule has 0 unspecified atom stereocenters. The number of aryl methyl sites for hydroxylation is 4.